The number of anilines is 3. The fraction of sp³-hybridized carbons (Fsp3) is 0.238. The molecule has 6 heteroatoms. The van der Waals surface area contributed by atoms with Gasteiger partial charge < -0.3 is 10.2 Å². The molecule has 0 atom stereocenters. The van der Waals surface area contributed by atoms with Crippen LogP contribution in [0.15, 0.2) is 66.9 Å². The van der Waals surface area contributed by atoms with Crippen LogP contribution < -0.4 is 10.2 Å². The number of aromatic nitrogens is 2. The van der Waals surface area contributed by atoms with Crippen LogP contribution in [-0.4, -0.2) is 41.0 Å². The van der Waals surface area contributed by atoms with Crippen molar-refractivity contribution in [1.29, 1.82) is 0 Å². The Labute approximate surface area is 158 Å². The van der Waals surface area contributed by atoms with Gasteiger partial charge in [0.25, 0.3) is 0 Å². The Bertz CT molecular complexity index is 879. The van der Waals surface area contributed by atoms with Gasteiger partial charge in [-0.05, 0) is 23.8 Å². The molecular weight excluding hydrogens is 341 g/mol. The molecule has 0 bridgehead atoms. The molecule has 1 aliphatic heterocycles. The summed E-state index contributed by atoms with van der Waals surface area (Å²) in [6, 6.07) is 18.8. The Hall–Kier alpha value is -2.99. The molecule has 0 saturated carbocycles. The molecule has 5 nitrogen and oxygen atoms in total. The summed E-state index contributed by atoms with van der Waals surface area (Å²) in [6.07, 6.45) is 1.71. The number of hydrogen-bond donors (Lipinski definition) is 1. The standard InChI is InChI=1S/C21H22FN5/c22-18-8-4-5-9-19(18)24-20-10-11-23-21(25-20)27-14-12-26(13-15-27)16-17-6-2-1-3-7-17/h1-11H,12-16H2,(H,23,24,25). The molecule has 138 valence electrons. The lowest BCUT2D eigenvalue weighted by atomic mass is 10.2. The van der Waals surface area contributed by atoms with Gasteiger partial charge in [0.05, 0.1) is 5.69 Å². The van der Waals surface area contributed by atoms with E-state index in [0.717, 1.165) is 32.7 Å². The molecular formula is C21H22FN5. The lowest BCUT2D eigenvalue weighted by Gasteiger charge is -2.34. The van der Waals surface area contributed by atoms with Crippen molar-refractivity contribution in [2.24, 2.45) is 0 Å². The lowest BCUT2D eigenvalue weighted by molar-refractivity contribution is 0.248. The summed E-state index contributed by atoms with van der Waals surface area (Å²) in [6.45, 7) is 4.63. The molecule has 0 radical (unpaired) electrons. The third kappa shape index (κ3) is 4.41. The first kappa shape index (κ1) is 17.4. The summed E-state index contributed by atoms with van der Waals surface area (Å²) < 4.78 is 13.8. The number of para-hydroxylation sites is 1. The van der Waals surface area contributed by atoms with E-state index in [9.17, 15) is 4.39 Å². The fourth-order valence-corrected chi connectivity index (χ4v) is 3.22. The van der Waals surface area contributed by atoms with Crippen molar-refractivity contribution >= 4 is 17.5 Å². The number of rotatable bonds is 5. The van der Waals surface area contributed by atoms with Gasteiger partial charge in [0.15, 0.2) is 0 Å². The zero-order chi connectivity index (χ0) is 18.5. The van der Waals surface area contributed by atoms with Crippen molar-refractivity contribution in [2.45, 2.75) is 6.54 Å². The third-order valence-electron chi connectivity index (χ3n) is 4.68. The van der Waals surface area contributed by atoms with Crippen LogP contribution in [0.25, 0.3) is 0 Å². The van der Waals surface area contributed by atoms with Gasteiger partial charge in [-0.15, -0.1) is 0 Å². The maximum Gasteiger partial charge on any atom is 0.227 e. The van der Waals surface area contributed by atoms with Crippen LogP contribution in [0.1, 0.15) is 5.56 Å². The van der Waals surface area contributed by atoms with Crippen molar-refractivity contribution in [3.05, 3.63) is 78.2 Å². The molecule has 1 aromatic heterocycles. The molecule has 1 fully saturated rings. The van der Waals surface area contributed by atoms with Crippen molar-refractivity contribution in [2.75, 3.05) is 36.4 Å². The third-order valence-corrected chi connectivity index (χ3v) is 4.68. The van der Waals surface area contributed by atoms with Gasteiger partial charge in [-0.1, -0.05) is 42.5 Å². The quantitative estimate of drug-likeness (QED) is 0.749. The minimum absolute atomic E-state index is 0.299. The second-order valence-corrected chi connectivity index (χ2v) is 6.60. The maximum absolute atomic E-state index is 13.8. The van der Waals surface area contributed by atoms with Gasteiger partial charge in [0.1, 0.15) is 11.6 Å². The van der Waals surface area contributed by atoms with Gasteiger partial charge >= 0.3 is 0 Å². The van der Waals surface area contributed by atoms with Crippen molar-refractivity contribution in [3.63, 3.8) is 0 Å². The Balaban J connectivity index is 1.38. The number of halogens is 1. The first-order chi connectivity index (χ1) is 13.3. The second-order valence-electron chi connectivity index (χ2n) is 6.60. The summed E-state index contributed by atoms with van der Waals surface area (Å²) in [7, 11) is 0. The summed E-state index contributed by atoms with van der Waals surface area (Å²) >= 11 is 0. The summed E-state index contributed by atoms with van der Waals surface area (Å²) in [4.78, 5) is 13.6. The Morgan fingerprint density at radius 3 is 2.41 bits per heavy atom. The van der Waals surface area contributed by atoms with Crippen LogP contribution >= 0.6 is 0 Å². The first-order valence-corrected chi connectivity index (χ1v) is 9.14. The van der Waals surface area contributed by atoms with Crippen LogP contribution in [0.4, 0.5) is 21.8 Å². The maximum atomic E-state index is 13.8. The van der Waals surface area contributed by atoms with Crippen LogP contribution in [0.3, 0.4) is 0 Å². The number of benzene rings is 2. The average molecular weight is 363 g/mol. The van der Waals surface area contributed by atoms with E-state index >= 15 is 0 Å². The highest BCUT2D eigenvalue weighted by atomic mass is 19.1. The fourth-order valence-electron chi connectivity index (χ4n) is 3.22. The topological polar surface area (TPSA) is 44.3 Å². The van der Waals surface area contributed by atoms with E-state index in [4.69, 9.17) is 0 Å². The van der Waals surface area contributed by atoms with E-state index in [-0.39, 0.29) is 5.82 Å². The molecule has 1 aliphatic rings. The first-order valence-electron chi connectivity index (χ1n) is 9.14. The highest BCUT2D eigenvalue weighted by molar-refractivity contribution is 5.57. The molecule has 0 aliphatic carbocycles. The van der Waals surface area contributed by atoms with Crippen molar-refractivity contribution in [1.82, 2.24) is 14.9 Å². The van der Waals surface area contributed by atoms with Crippen molar-refractivity contribution < 1.29 is 4.39 Å². The summed E-state index contributed by atoms with van der Waals surface area (Å²) in [5, 5.41) is 3.03. The minimum Gasteiger partial charge on any atom is -0.338 e. The molecule has 1 saturated heterocycles. The molecule has 3 aromatic rings. The Kier molecular flexibility index (Phi) is 5.25. The van der Waals surface area contributed by atoms with Crippen LogP contribution in [-0.2, 0) is 6.54 Å². The Morgan fingerprint density at radius 1 is 0.889 bits per heavy atom. The molecule has 27 heavy (non-hydrogen) atoms. The van der Waals surface area contributed by atoms with Crippen LogP contribution in [0.2, 0.25) is 0 Å². The number of piperazine rings is 1. The second kappa shape index (κ2) is 8.14. The van der Waals surface area contributed by atoms with E-state index in [2.05, 4.69) is 49.4 Å². The molecule has 1 N–H and O–H groups in total. The molecule has 0 unspecified atom stereocenters. The van der Waals surface area contributed by atoms with E-state index in [1.54, 1.807) is 30.5 Å². The summed E-state index contributed by atoms with van der Waals surface area (Å²) in [5.41, 5.74) is 1.74. The van der Waals surface area contributed by atoms with E-state index in [0.29, 0.717) is 17.5 Å². The molecule has 0 amide bonds. The zero-order valence-electron chi connectivity index (χ0n) is 15.1. The van der Waals surface area contributed by atoms with Crippen LogP contribution in [0.5, 0.6) is 0 Å². The van der Waals surface area contributed by atoms with Gasteiger partial charge in [-0.25, -0.2) is 9.37 Å². The van der Waals surface area contributed by atoms with E-state index in [1.165, 1.54) is 11.6 Å². The van der Waals surface area contributed by atoms with Crippen molar-refractivity contribution in [3.8, 4) is 0 Å². The van der Waals surface area contributed by atoms with Gasteiger partial charge in [-0.3, -0.25) is 4.90 Å². The highest BCUT2D eigenvalue weighted by Crippen LogP contribution is 2.20. The monoisotopic (exact) mass is 363 g/mol. The highest BCUT2D eigenvalue weighted by Gasteiger charge is 2.19. The normalized spacial score (nSPS) is 14.9. The van der Waals surface area contributed by atoms with E-state index < -0.39 is 0 Å². The zero-order valence-corrected chi connectivity index (χ0v) is 15.1. The lowest BCUT2D eigenvalue weighted by Crippen LogP contribution is -2.46. The average Bonchev–Trinajstić information content (AvgIpc) is 2.71. The largest absolute Gasteiger partial charge is 0.338 e. The molecule has 4 rings (SSSR count). The Morgan fingerprint density at radius 2 is 1.63 bits per heavy atom. The van der Waals surface area contributed by atoms with Gasteiger partial charge in [0, 0.05) is 38.9 Å². The number of nitrogens with one attached hydrogen (secondary N) is 1. The molecule has 2 aromatic carbocycles. The van der Waals surface area contributed by atoms with Gasteiger partial charge in [0.2, 0.25) is 5.95 Å². The predicted octanol–water partition coefficient (Wildman–Crippen LogP) is 3.68. The van der Waals surface area contributed by atoms with Gasteiger partial charge in [-0.2, -0.15) is 4.98 Å². The number of nitrogens with zero attached hydrogens (tertiary/aromatic N) is 4. The van der Waals surface area contributed by atoms with E-state index in [1.807, 2.05) is 6.07 Å². The SMILES string of the molecule is Fc1ccccc1Nc1ccnc(N2CCN(Cc3ccccc3)CC2)n1. The van der Waals surface area contributed by atoms with Crippen LogP contribution in [0, 0.1) is 5.82 Å². The predicted molar refractivity (Wildman–Crippen MR) is 106 cm³/mol. The molecule has 0 spiro atoms. The smallest absolute Gasteiger partial charge is 0.227 e. The summed E-state index contributed by atoms with van der Waals surface area (Å²) in [5.74, 6) is 0.972. The number of hydrogen-bond acceptors (Lipinski definition) is 5. The minimum atomic E-state index is -0.299. The molecule has 2 heterocycles.